The van der Waals surface area contributed by atoms with Crippen LogP contribution in [0.2, 0.25) is 0 Å². The molecule has 0 aliphatic carbocycles. The van der Waals surface area contributed by atoms with Gasteiger partial charge in [-0.15, -0.1) is 0 Å². The molecule has 2 N–H and O–H groups in total. The minimum Gasteiger partial charge on any atom is -0.493 e. The first kappa shape index (κ1) is 26.6. The number of aliphatic carboxylic acids is 1. The summed E-state index contributed by atoms with van der Waals surface area (Å²) in [5, 5.41) is 11.9. The largest absolute Gasteiger partial charge is 0.493 e. The van der Waals surface area contributed by atoms with Crippen molar-refractivity contribution in [2.24, 2.45) is 5.92 Å². The summed E-state index contributed by atoms with van der Waals surface area (Å²) in [7, 11) is 4.72. The Labute approximate surface area is 205 Å². The standard InChI is InChI=1S/C24H35N3O8/c1-15(2)12-17(25-22(29)24(14-35-24)23(30)31)21(28)27-10-8-26(9-11-27)13-16-6-7-18(32-3)20(34-5)19(16)33-4/h6-7,15,17H,8-14H2,1-5H3,(H,25,29)(H,30,31)/t17?,24-/m1/s1. The average Bonchev–Trinajstić information content (AvgIpc) is 3.65. The Bertz CT molecular complexity index is 939. The Kier molecular flexibility index (Phi) is 8.44. The molecule has 11 nitrogen and oxygen atoms in total. The second kappa shape index (κ2) is 11.1. The highest BCUT2D eigenvalue weighted by Crippen LogP contribution is 2.40. The van der Waals surface area contributed by atoms with Crippen molar-refractivity contribution in [3.63, 3.8) is 0 Å². The van der Waals surface area contributed by atoms with Gasteiger partial charge in [-0.1, -0.05) is 19.9 Å². The first-order valence-corrected chi connectivity index (χ1v) is 11.6. The number of benzene rings is 1. The zero-order valence-electron chi connectivity index (χ0n) is 21.0. The molecule has 0 aromatic heterocycles. The van der Waals surface area contributed by atoms with Gasteiger partial charge in [-0.3, -0.25) is 14.5 Å². The van der Waals surface area contributed by atoms with Crippen molar-refractivity contribution >= 4 is 17.8 Å². The molecule has 2 heterocycles. The second-order valence-corrected chi connectivity index (χ2v) is 9.17. The van der Waals surface area contributed by atoms with Crippen molar-refractivity contribution in [3.05, 3.63) is 17.7 Å². The van der Waals surface area contributed by atoms with Gasteiger partial charge in [0.1, 0.15) is 6.04 Å². The number of carbonyl (C=O) groups is 3. The van der Waals surface area contributed by atoms with Crippen molar-refractivity contribution < 1.29 is 38.4 Å². The first-order valence-electron chi connectivity index (χ1n) is 11.6. The fourth-order valence-corrected chi connectivity index (χ4v) is 4.27. The van der Waals surface area contributed by atoms with Crippen LogP contribution in [-0.4, -0.2) is 98.4 Å². The van der Waals surface area contributed by atoms with Crippen LogP contribution in [0.15, 0.2) is 12.1 Å². The van der Waals surface area contributed by atoms with Gasteiger partial charge in [0, 0.05) is 38.3 Å². The lowest BCUT2D eigenvalue weighted by molar-refractivity contribution is -0.150. The lowest BCUT2D eigenvalue weighted by Gasteiger charge is -2.37. The summed E-state index contributed by atoms with van der Waals surface area (Å²) in [4.78, 5) is 41.1. The van der Waals surface area contributed by atoms with Gasteiger partial charge in [0.15, 0.2) is 11.5 Å². The predicted octanol–water partition coefficient (Wildman–Crippen LogP) is 0.741. The second-order valence-electron chi connectivity index (χ2n) is 9.17. The lowest BCUT2D eigenvalue weighted by atomic mass is 10.0. The fraction of sp³-hybridized carbons (Fsp3) is 0.625. The van der Waals surface area contributed by atoms with Gasteiger partial charge in [0.25, 0.3) is 11.5 Å². The van der Waals surface area contributed by atoms with E-state index in [1.54, 1.807) is 26.2 Å². The number of carbonyl (C=O) groups excluding carboxylic acids is 2. The molecule has 2 fully saturated rings. The maximum absolute atomic E-state index is 13.3. The van der Waals surface area contributed by atoms with E-state index in [1.165, 1.54) is 0 Å². The molecular formula is C24H35N3O8. The molecule has 3 rings (SSSR count). The highest BCUT2D eigenvalue weighted by atomic mass is 16.6. The minimum absolute atomic E-state index is 0.129. The molecule has 194 valence electrons. The van der Waals surface area contributed by atoms with E-state index >= 15 is 0 Å². The Morgan fingerprint density at radius 2 is 1.69 bits per heavy atom. The van der Waals surface area contributed by atoms with E-state index in [9.17, 15) is 19.5 Å². The number of methoxy groups -OCH3 is 3. The number of nitrogens with zero attached hydrogens (tertiary/aromatic N) is 2. The monoisotopic (exact) mass is 493 g/mol. The molecule has 2 aliphatic rings. The van der Waals surface area contributed by atoms with Crippen LogP contribution >= 0.6 is 0 Å². The van der Waals surface area contributed by atoms with Gasteiger partial charge in [-0.2, -0.15) is 0 Å². The normalized spacial score (nSPS) is 20.8. The molecule has 11 heteroatoms. The van der Waals surface area contributed by atoms with Crippen LogP contribution in [0.25, 0.3) is 0 Å². The maximum atomic E-state index is 13.3. The molecule has 0 spiro atoms. The number of hydrogen-bond acceptors (Lipinski definition) is 8. The molecular weight excluding hydrogens is 458 g/mol. The van der Waals surface area contributed by atoms with E-state index in [0.29, 0.717) is 56.4 Å². The minimum atomic E-state index is -1.87. The third-order valence-corrected chi connectivity index (χ3v) is 6.32. The van der Waals surface area contributed by atoms with Crippen molar-refractivity contribution in [3.8, 4) is 17.2 Å². The van der Waals surface area contributed by atoms with E-state index in [1.807, 2.05) is 26.0 Å². The highest BCUT2D eigenvalue weighted by Gasteiger charge is 2.60. The molecule has 35 heavy (non-hydrogen) atoms. The van der Waals surface area contributed by atoms with Crippen molar-refractivity contribution in [1.82, 2.24) is 15.1 Å². The summed E-state index contributed by atoms with van der Waals surface area (Å²) in [5.41, 5.74) is -0.926. The van der Waals surface area contributed by atoms with Crippen LogP contribution in [0.1, 0.15) is 25.8 Å². The van der Waals surface area contributed by atoms with Crippen LogP contribution in [0.3, 0.4) is 0 Å². The topological polar surface area (TPSA) is 130 Å². The third-order valence-electron chi connectivity index (χ3n) is 6.32. The summed E-state index contributed by atoms with van der Waals surface area (Å²) in [6.45, 7) is 6.55. The number of carboxylic acids is 1. The van der Waals surface area contributed by atoms with E-state index in [2.05, 4.69) is 10.2 Å². The number of epoxide rings is 1. The first-order chi connectivity index (χ1) is 16.7. The van der Waals surface area contributed by atoms with E-state index in [0.717, 1.165) is 5.56 Å². The van der Waals surface area contributed by atoms with Crippen LogP contribution in [0, 0.1) is 5.92 Å². The molecule has 1 aromatic carbocycles. The summed E-state index contributed by atoms with van der Waals surface area (Å²) < 4.78 is 21.3. The summed E-state index contributed by atoms with van der Waals surface area (Å²) >= 11 is 0. The fourth-order valence-electron chi connectivity index (χ4n) is 4.27. The van der Waals surface area contributed by atoms with Gasteiger partial charge < -0.3 is 34.3 Å². The van der Waals surface area contributed by atoms with Crippen LogP contribution < -0.4 is 19.5 Å². The molecule has 0 radical (unpaired) electrons. The predicted molar refractivity (Wildman–Crippen MR) is 126 cm³/mol. The number of hydrogen-bond donors (Lipinski definition) is 2. The molecule has 2 aliphatic heterocycles. The molecule has 1 unspecified atom stereocenters. The van der Waals surface area contributed by atoms with E-state index in [4.69, 9.17) is 18.9 Å². The summed E-state index contributed by atoms with van der Waals surface area (Å²) in [6.07, 6.45) is 0.406. The molecule has 1 aromatic rings. The highest BCUT2D eigenvalue weighted by molar-refractivity contribution is 6.09. The van der Waals surface area contributed by atoms with E-state index in [-0.39, 0.29) is 18.4 Å². The average molecular weight is 494 g/mol. The lowest BCUT2D eigenvalue weighted by Crippen LogP contribution is -2.57. The third kappa shape index (κ3) is 5.79. The smallest absolute Gasteiger partial charge is 0.348 e. The Balaban J connectivity index is 1.63. The number of carboxylic acid groups (broad SMARTS) is 1. The Morgan fingerprint density at radius 3 is 2.17 bits per heavy atom. The molecule has 0 saturated carbocycles. The quantitative estimate of drug-likeness (QED) is 0.339. The van der Waals surface area contributed by atoms with Crippen molar-refractivity contribution in [2.75, 3.05) is 54.1 Å². The van der Waals surface area contributed by atoms with Gasteiger partial charge in [-0.05, 0) is 18.4 Å². The zero-order chi connectivity index (χ0) is 25.8. The number of nitrogens with one attached hydrogen (secondary N) is 1. The summed E-state index contributed by atoms with van der Waals surface area (Å²) in [6, 6.07) is 2.97. The van der Waals surface area contributed by atoms with Gasteiger partial charge in [0.05, 0.1) is 27.9 Å². The van der Waals surface area contributed by atoms with Gasteiger partial charge in [0.2, 0.25) is 11.7 Å². The zero-order valence-corrected chi connectivity index (χ0v) is 21.0. The molecule has 2 amide bonds. The Hall–Kier alpha value is -3.05. The molecule has 0 bridgehead atoms. The number of piperazine rings is 1. The van der Waals surface area contributed by atoms with Crippen LogP contribution in [-0.2, 0) is 25.7 Å². The molecule has 2 atom stereocenters. The van der Waals surface area contributed by atoms with Gasteiger partial charge in [-0.25, -0.2) is 4.79 Å². The number of rotatable bonds is 11. The summed E-state index contributed by atoms with van der Waals surface area (Å²) in [5.74, 6) is -0.469. The van der Waals surface area contributed by atoms with Gasteiger partial charge >= 0.3 is 5.97 Å². The number of ether oxygens (including phenoxy) is 4. The van der Waals surface area contributed by atoms with Crippen LogP contribution in [0.4, 0.5) is 0 Å². The SMILES string of the molecule is COc1ccc(CN2CCN(C(=O)C(CC(C)C)NC(=O)[C@@]3(C(=O)O)CO3)CC2)c(OC)c1OC. The Morgan fingerprint density at radius 1 is 1.06 bits per heavy atom. The van der Waals surface area contributed by atoms with Crippen molar-refractivity contribution in [2.45, 2.75) is 38.5 Å². The van der Waals surface area contributed by atoms with Crippen molar-refractivity contribution in [1.29, 1.82) is 0 Å². The molecule has 2 saturated heterocycles. The number of amides is 2. The van der Waals surface area contributed by atoms with Crippen LogP contribution in [0.5, 0.6) is 17.2 Å². The van der Waals surface area contributed by atoms with E-state index < -0.39 is 23.5 Å². The maximum Gasteiger partial charge on any atom is 0.348 e.